The van der Waals surface area contributed by atoms with Crippen LogP contribution < -0.4 is 10.2 Å². The van der Waals surface area contributed by atoms with Gasteiger partial charge in [-0.05, 0) is 37.3 Å². The molecule has 31 heavy (non-hydrogen) atoms. The molecule has 172 valence electrons. The number of nitro benzene ring substituents is 1. The minimum atomic E-state index is -4.66. The molecule has 0 aromatic heterocycles. The quantitative estimate of drug-likeness (QED) is 0.205. The van der Waals surface area contributed by atoms with Gasteiger partial charge < -0.3 is 10.2 Å². The topological polar surface area (TPSA) is 58.4 Å². The first kappa shape index (κ1) is 25.1. The number of nitrogens with one attached hydrogen (secondary N) is 1. The summed E-state index contributed by atoms with van der Waals surface area (Å²) in [5.41, 5.74) is -1.54. The standard InChI is InChI=1S/C22H30F3N3O2S/c1-4-12-27(18-11-10-16(22(23,24)25)14-19(18)28(29)30)20(13-15(2)3)21(31)26-17-8-6-5-7-9-17/h4,10-11,14-15,17,20H,1,5-9,12-13H2,2-3H3,(H,26,31). The lowest BCUT2D eigenvalue weighted by Crippen LogP contribution is -2.50. The average Bonchev–Trinajstić information content (AvgIpc) is 2.70. The van der Waals surface area contributed by atoms with Crippen molar-refractivity contribution in [1.29, 1.82) is 0 Å². The van der Waals surface area contributed by atoms with Crippen molar-refractivity contribution in [3.05, 3.63) is 46.5 Å². The summed E-state index contributed by atoms with van der Waals surface area (Å²) in [7, 11) is 0. The van der Waals surface area contributed by atoms with Crippen molar-refractivity contribution in [3.8, 4) is 0 Å². The Morgan fingerprint density at radius 3 is 2.52 bits per heavy atom. The highest BCUT2D eigenvalue weighted by atomic mass is 32.1. The molecule has 1 fully saturated rings. The second kappa shape index (κ2) is 10.9. The first-order valence-corrected chi connectivity index (χ1v) is 11.0. The number of benzene rings is 1. The van der Waals surface area contributed by atoms with E-state index in [1.54, 1.807) is 11.0 Å². The number of halogens is 3. The van der Waals surface area contributed by atoms with E-state index in [2.05, 4.69) is 11.9 Å². The Labute approximate surface area is 186 Å². The Bertz CT molecular complexity index is 793. The summed E-state index contributed by atoms with van der Waals surface area (Å²) < 4.78 is 39.4. The van der Waals surface area contributed by atoms with Gasteiger partial charge >= 0.3 is 6.18 Å². The SMILES string of the molecule is C=CCN(c1ccc(C(F)(F)F)cc1[N+](=O)[O-])C(CC(C)C)C(=S)NC1CCCCC1. The molecule has 0 amide bonds. The van der Waals surface area contributed by atoms with Gasteiger partial charge in [0.15, 0.2) is 0 Å². The van der Waals surface area contributed by atoms with Gasteiger partial charge in [-0.15, -0.1) is 6.58 Å². The van der Waals surface area contributed by atoms with Gasteiger partial charge in [-0.3, -0.25) is 10.1 Å². The number of hydrogen-bond donors (Lipinski definition) is 1. The van der Waals surface area contributed by atoms with Crippen molar-refractivity contribution in [2.24, 2.45) is 5.92 Å². The molecule has 0 spiro atoms. The highest BCUT2D eigenvalue weighted by Gasteiger charge is 2.35. The second-order valence-corrected chi connectivity index (χ2v) is 8.83. The van der Waals surface area contributed by atoms with Crippen LogP contribution in [0.2, 0.25) is 0 Å². The zero-order chi connectivity index (χ0) is 23.2. The summed E-state index contributed by atoms with van der Waals surface area (Å²) in [5.74, 6) is 0.219. The summed E-state index contributed by atoms with van der Waals surface area (Å²) >= 11 is 5.72. The van der Waals surface area contributed by atoms with Crippen molar-refractivity contribution >= 4 is 28.6 Å². The molecule has 5 nitrogen and oxygen atoms in total. The van der Waals surface area contributed by atoms with E-state index in [0.29, 0.717) is 17.5 Å². The van der Waals surface area contributed by atoms with E-state index in [-0.39, 0.29) is 24.2 Å². The highest BCUT2D eigenvalue weighted by molar-refractivity contribution is 7.80. The van der Waals surface area contributed by atoms with Crippen LogP contribution in [-0.2, 0) is 6.18 Å². The minimum absolute atomic E-state index is 0.108. The van der Waals surface area contributed by atoms with Crippen LogP contribution in [0, 0.1) is 16.0 Å². The molecule has 1 aromatic carbocycles. The first-order chi connectivity index (χ1) is 14.5. The van der Waals surface area contributed by atoms with Gasteiger partial charge in [0.05, 0.1) is 21.5 Å². The van der Waals surface area contributed by atoms with Crippen LogP contribution >= 0.6 is 12.2 Å². The maximum Gasteiger partial charge on any atom is 0.416 e. The van der Waals surface area contributed by atoms with Crippen LogP contribution in [0.4, 0.5) is 24.5 Å². The largest absolute Gasteiger partial charge is 0.416 e. The van der Waals surface area contributed by atoms with Gasteiger partial charge in [0.25, 0.3) is 5.69 Å². The predicted octanol–water partition coefficient (Wildman–Crippen LogP) is 6.27. The van der Waals surface area contributed by atoms with Crippen LogP contribution in [0.15, 0.2) is 30.9 Å². The molecule has 1 saturated carbocycles. The number of nitrogens with zero attached hydrogens (tertiary/aromatic N) is 2. The third kappa shape index (κ3) is 6.92. The third-order valence-corrected chi connectivity index (χ3v) is 5.85. The summed E-state index contributed by atoms with van der Waals surface area (Å²) in [4.78, 5) is 13.2. The number of thiocarbonyl (C=S) groups is 1. The zero-order valence-electron chi connectivity index (χ0n) is 18.0. The summed E-state index contributed by atoms with van der Waals surface area (Å²) in [6.07, 6.45) is 2.98. The van der Waals surface area contributed by atoms with E-state index >= 15 is 0 Å². The first-order valence-electron chi connectivity index (χ1n) is 10.6. The second-order valence-electron chi connectivity index (χ2n) is 8.39. The van der Waals surface area contributed by atoms with E-state index in [1.165, 1.54) is 12.5 Å². The predicted molar refractivity (Wildman–Crippen MR) is 121 cm³/mol. The molecular weight excluding hydrogens is 427 g/mol. The number of nitro groups is 1. The number of anilines is 1. The zero-order valence-corrected chi connectivity index (χ0v) is 18.8. The normalized spacial score (nSPS) is 16.1. The monoisotopic (exact) mass is 457 g/mol. The van der Waals surface area contributed by atoms with Crippen LogP contribution in [0.25, 0.3) is 0 Å². The van der Waals surface area contributed by atoms with Crippen LogP contribution in [0.3, 0.4) is 0 Å². The Kier molecular flexibility index (Phi) is 8.85. The lowest BCUT2D eigenvalue weighted by atomic mass is 9.94. The molecule has 0 saturated heterocycles. The fourth-order valence-electron chi connectivity index (χ4n) is 3.99. The van der Waals surface area contributed by atoms with Gasteiger partial charge in [0, 0.05) is 18.7 Å². The van der Waals surface area contributed by atoms with Gasteiger partial charge in [-0.2, -0.15) is 13.2 Å². The molecule has 0 radical (unpaired) electrons. The molecule has 0 bridgehead atoms. The summed E-state index contributed by atoms with van der Waals surface area (Å²) in [6.45, 7) is 7.99. The van der Waals surface area contributed by atoms with Crippen molar-refractivity contribution < 1.29 is 18.1 Å². The van der Waals surface area contributed by atoms with E-state index in [1.807, 2.05) is 13.8 Å². The Morgan fingerprint density at radius 2 is 2.00 bits per heavy atom. The lowest BCUT2D eigenvalue weighted by Gasteiger charge is -2.36. The van der Waals surface area contributed by atoms with Crippen molar-refractivity contribution in [3.63, 3.8) is 0 Å². The average molecular weight is 458 g/mol. The molecule has 1 N–H and O–H groups in total. The molecular formula is C22H30F3N3O2S. The van der Waals surface area contributed by atoms with Crippen molar-refractivity contribution in [2.45, 2.75) is 70.6 Å². The van der Waals surface area contributed by atoms with Crippen LogP contribution in [-0.4, -0.2) is 28.5 Å². The van der Waals surface area contributed by atoms with E-state index in [4.69, 9.17) is 12.2 Å². The molecule has 0 aliphatic heterocycles. The fraction of sp³-hybridized carbons (Fsp3) is 0.591. The van der Waals surface area contributed by atoms with Crippen LogP contribution in [0.1, 0.15) is 57.9 Å². The van der Waals surface area contributed by atoms with Gasteiger partial charge in [-0.1, -0.05) is 51.4 Å². The van der Waals surface area contributed by atoms with E-state index < -0.39 is 28.4 Å². The Morgan fingerprint density at radius 1 is 1.35 bits per heavy atom. The summed E-state index contributed by atoms with van der Waals surface area (Å²) in [5, 5.41) is 15.1. The molecule has 9 heteroatoms. The maximum absolute atomic E-state index is 13.1. The van der Waals surface area contributed by atoms with Gasteiger partial charge in [0.2, 0.25) is 0 Å². The molecule has 1 aliphatic rings. The van der Waals surface area contributed by atoms with Gasteiger partial charge in [0.1, 0.15) is 5.69 Å². The number of rotatable bonds is 9. The Balaban J connectivity index is 2.45. The van der Waals surface area contributed by atoms with Gasteiger partial charge in [-0.25, -0.2) is 0 Å². The van der Waals surface area contributed by atoms with E-state index in [0.717, 1.165) is 31.7 Å². The molecule has 1 atom stereocenters. The Hall–Kier alpha value is -2.16. The molecule has 1 aliphatic carbocycles. The molecule has 0 heterocycles. The summed E-state index contributed by atoms with van der Waals surface area (Å²) in [6, 6.07) is 2.49. The number of alkyl halides is 3. The molecule has 1 aromatic rings. The van der Waals surface area contributed by atoms with E-state index in [9.17, 15) is 23.3 Å². The maximum atomic E-state index is 13.1. The lowest BCUT2D eigenvalue weighted by molar-refractivity contribution is -0.384. The third-order valence-electron chi connectivity index (χ3n) is 5.46. The van der Waals surface area contributed by atoms with Crippen molar-refractivity contribution in [1.82, 2.24) is 5.32 Å². The highest BCUT2D eigenvalue weighted by Crippen LogP contribution is 2.38. The molecule has 2 rings (SSSR count). The minimum Gasteiger partial charge on any atom is -0.375 e. The fourth-order valence-corrected chi connectivity index (χ4v) is 4.38. The molecule has 1 unspecified atom stereocenters. The number of hydrogen-bond acceptors (Lipinski definition) is 4. The smallest absolute Gasteiger partial charge is 0.375 e. The van der Waals surface area contributed by atoms with Crippen molar-refractivity contribution in [2.75, 3.05) is 11.4 Å². The van der Waals surface area contributed by atoms with Crippen LogP contribution in [0.5, 0.6) is 0 Å².